The normalized spacial score (nSPS) is 19.5. The number of amides is 1. The average Bonchev–Trinajstić information content (AvgIpc) is 2.83. The number of hydrogen-bond acceptors (Lipinski definition) is 4. The van der Waals surface area contributed by atoms with Gasteiger partial charge in [-0.25, -0.2) is 4.79 Å². The number of hydrogen-bond donors (Lipinski definition) is 0. The van der Waals surface area contributed by atoms with E-state index < -0.39 is 5.60 Å². The van der Waals surface area contributed by atoms with Crippen molar-refractivity contribution >= 4 is 19.5 Å². The Kier molecular flexibility index (Phi) is 4.40. The molecule has 2 aliphatic heterocycles. The maximum atomic E-state index is 12.3. The first-order chi connectivity index (χ1) is 10.8. The lowest BCUT2D eigenvalue weighted by molar-refractivity contribution is 0.0221. The molecule has 0 saturated carbocycles. The van der Waals surface area contributed by atoms with Gasteiger partial charge in [-0.05, 0) is 33.6 Å². The minimum absolute atomic E-state index is 0.235. The lowest BCUT2D eigenvalue weighted by Gasteiger charge is -2.31. The molecule has 23 heavy (non-hydrogen) atoms. The van der Waals surface area contributed by atoms with E-state index in [2.05, 4.69) is 4.68 Å². The molecule has 0 aromatic carbocycles. The van der Waals surface area contributed by atoms with Crippen LogP contribution >= 0.6 is 0 Å². The van der Waals surface area contributed by atoms with E-state index in [1.165, 1.54) is 11.3 Å². The zero-order valence-electron chi connectivity index (χ0n) is 14.6. The van der Waals surface area contributed by atoms with Crippen LogP contribution in [-0.2, 0) is 22.4 Å². The van der Waals surface area contributed by atoms with Crippen molar-refractivity contribution in [3.8, 4) is 0 Å². The molecule has 0 unspecified atom stereocenters. The number of ether oxygens (including phenoxy) is 2. The summed E-state index contributed by atoms with van der Waals surface area (Å²) in [6.45, 7) is 8.60. The Balaban J connectivity index is 1.76. The van der Waals surface area contributed by atoms with Crippen molar-refractivity contribution < 1.29 is 14.3 Å². The van der Waals surface area contributed by atoms with Gasteiger partial charge in [0.05, 0.1) is 12.6 Å². The molecule has 1 aromatic rings. The number of rotatable bonds is 1. The molecule has 6 nitrogen and oxygen atoms in total. The van der Waals surface area contributed by atoms with Crippen molar-refractivity contribution in [2.24, 2.45) is 0 Å². The number of carbonyl (C=O) groups is 1. The van der Waals surface area contributed by atoms with Crippen LogP contribution in [0.1, 0.15) is 50.9 Å². The Labute approximate surface area is 138 Å². The average molecular weight is 319 g/mol. The molecular weight excluding hydrogens is 293 g/mol. The van der Waals surface area contributed by atoms with Gasteiger partial charge < -0.3 is 14.4 Å². The van der Waals surface area contributed by atoms with Crippen molar-refractivity contribution in [1.29, 1.82) is 0 Å². The first kappa shape index (κ1) is 16.4. The maximum absolute atomic E-state index is 12.3. The predicted octanol–water partition coefficient (Wildman–Crippen LogP) is 0.786. The minimum atomic E-state index is -0.460. The molecule has 7 heteroatoms. The topological polar surface area (TPSA) is 56.6 Å². The fraction of sp³-hybridized carbons (Fsp3) is 0.750. The molecule has 3 rings (SSSR count). The summed E-state index contributed by atoms with van der Waals surface area (Å²) in [7, 11) is 2.03. The highest BCUT2D eigenvalue weighted by Crippen LogP contribution is 2.26. The van der Waals surface area contributed by atoms with Crippen LogP contribution in [0.3, 0.4) is 0 Å². The van der Waals surface area contributed by atoms with Crippen molar-refractivity contribution in [2.45, 2.75) is 58.2 Å². The molecule has 2 aliphatic rings. The fourth-order valence-corrected chi connectivity index (χ4v) is 3.33. The highest BCUT2D eigenvalue weighted by atomic mass is 16.6. The summed E-state index contributed by atoms with van der Waals surface area (Å²) < 4.78 is 13.1. The van der Waals surface area contributed by atoms with E-state index in [1.807, 2.05) is 28.6 Å². The molecular formula is C16H26BN3O3. The van der Waals surface area contributed by atoms with Gasteiger partial charge in [-0.1, -0.05) is 0 Å². The lowest BCUT2D eigenvalue weighted by Crippen LogP contribution is -2.41. The van der Waals surface area contributed by atoms with Gasteiger partial charge in [-0.3, -0.25) is 4.68 Å². The number of carbonyl (C=O) groups excluding carboxylic acids is 1. The second-order valence-electron chi connectivity index (χ2n) is 7.45. The molecule has 0 bridgehead atoms. The van der Waals surface area contributed by atoms with Crippen LogP contribution in [0.15, 0.2) is 0 Å². The second kappa shape index (κ2) is 6.19. The van der Waals surface area contributed by atoms with Gasteiger partial charge >= 0.3 is 6.09 Å². The lowest BCUT2D eigenvalue weighted by atomic mass is 9.94. The Morgan fingerprint density at radius 1 is 1.35 bits per heavy atom. The largest absolute Gasteiger partial charge is 0.444 e. The van der Waals surface area contributed by atoms with Gasteiger partial charge in [0.25, 0.3) is 0 Å². The summed E-state index contributed by atoms with van der Waals surface area (Å²) in [5.74, 6) is 0. The SMILES string of the molecule is Bc1nn(C2CCOCC2)c2c1CN(C(=O)OC(C)(C)C)CC2. The predicted molar refractivity (Wildman–Crippen MR) is 89.8 cm³/mol. The first-order valence-corrected chi connectivity index (χ1v) is 8.47. The molecule has 1 amide bonds. The quantitative estimate of drug-likeness (QED) is 0.718. The third kappa shape index (κ3) is 3.55. The van der Waals surface area contributed by atoms with E-state index in [-0.39, 0.29) is 6.09 Å². The third-order valence-electron chi connectivity index (χ3n) is 4.48. The summed E-state index contributed by atoms with van der Waals surface area (Å²) in [6.07, 6.45) is 2.64. The zero-order valence-corrected chi connectivity index (χ0v) is 14.6. The summed E-state index contributed by atoms with van der Waals surface area (Å²) in [5.41, 5.74) is 3.04. The van der Waals surface area contributed by atoms with Gasteiger partial charge in [0.2, 0.25) is 0 Å². The Morgan fingerprint density at radius 2 is 2.04 bits per heavy atom. The Morgan fingerprint density at radius 3 is 2.70 bits per heavy atom. The summed E-state index contributed by atoms with van der Waals surface area (Å²) in [4.78, 5) is 14.1. The van der Waals surface area contributed by atoms with E-state index in [9.17, 15) is 4.79 Å². The molecule has 0 aliphatic carbocycles. The van der Waals surface area contributed by atoms with Crippen LogP contribution in [0.2, 0.25) is 0 Å². The summed E-state index contributed by atoms with van der Waals surface area (Å²) >= 11 is 0. The van der Waals surface area contributed by atoms with Gasteiger partial charge in [0, 0.05) is 43.0 Å². The van der Waals surface area contributed by atoms with E-state index in [0.29, 0.717) is 19.1 Å². The Hall–Kier alpha value is -1.50. The van der Waals surface area contributed by atoms with Crippen molar-refractivity contribution in [3.63, 3.8) is 0 Å². The molecule has 0 radical (unpaired) electrons. The van der Waals surface area contributed by atoms with Crippen LogP contribution < -0.4 is 5.59 Å². The van der Waals surface area contributed by atoms with Gasteiger partial charge in [-0.15, -0.1) is 0 Å². The maximum Gasteiger partial charge on any atom is 0.410 e. The van der Waals surface area contributed by atoms with Gasteiger partial charge in [0.15, 0.2) is 7.85 Å². The zero-order chi connectivity index (χ0) is 16.6. The monoisotopic (exact) mass is 319 g/mol. The first-order valence-electron chi connectivity index (χ1n) is 8.47. The van der Waals surface area contributed by atoms with Crippen LogP contribution in [0, 0.1) is 0 Å². The fourth-order valence-electron chi connectivity index (χ4n) is 3.33. The highest BCUT2D eigenvalue weighted by Gasteiger charge is 2.31. The standard InChI is InChI=1S/C16H26BN3O3/c1-16(2,3)23-15(21)19-7-4-13-12(10-19)14(17)18-20(13)11-5-8-22-9-6-11/h11H,4-10,17H2,1-3H3. The van der Waals surface area contributed by atoms with Crippen molar-refractivity contribution in [3.05, 3.63) is 11.3 Å². The number of fused-ring (bicyclic) bond motifs is 1. The highest BCUT2D eigenvalue weighted by molar-refractivity contribution is 6.31. The minimum Gasteiger partial charge on any atom is -0.444 e. The van der Waals surface area contributed by atoms with Gasteiger partial charge in [-0.2, -0.15) is 5.10 Å². The number of nitrogens with zero attached hydrogens (tertiary/aromatic N) is 3. The molecule has 3 heterocycles. The van der Waals surface area contributed by atoms with Crippen molar-refractivity contribution in [1.82, 2.24) is 14.7 Å². The van der Waals surface area contributed by atoms with Crippen LogP contribution in [0.5, 0.6) is 0 Å². The van der Waals surface area contributed by atoms with E-state index in [1.54, 1.807) is 4.90 Å². The Bertz CT molecular complexity index is 588. The second-order valence-corrected chi connectivity index (χ2v) is 7.45. The van der Waals surface area contributed by atoms with Crippen LogP contribution in [0.4, 0.5) is 4.79 Å². The molecule has 0 spiro atoms. The molecule has 0 N–H and O–H groups in total. The van der Waals surface area contributed by atoms with E-state index in [0.717, 1.165) is 38.1 Å². The van der Waals surface area contributed by atoms with Crippen LogP contribution in [-0.4, -0.2) is 54.0 Å². The molecule has 1 saturated heterocycles. The summed E-state index contributed by atoms with van der Waals surface area (Å²) in [6, 6.07) is 0.430. The molecule has 1 fully saturated rings. The molecule has 1 aromatic heterocycles. The smallest absolute Gasteiger partial charge is 0.410 e. The molecule has 0 atom stereocenters. The third-order valence-corrected chi connectivity index (χ3v) is 4.48. The van der Waals surface area contributed by atoms with E-state index >= 15 is 0 Å². The van der Waals surface area contributed by atoms with Crippen molar-refractivity contribution in [2.75, 3.05) is 19.8 Å². The number of aromatic nitrogens is 2. The van der Waals surface area contributed by atoms with E-state index in [4.69, 9.17) is 14.6 Å². The van der Waals surface area contributed by atoms with Crippen LogP contribution in [0.25, 0.3) is 0 Å². The summed E-state index contributed by atoms with van der Waals surface area (Å²) in [5, 5.41) is 4.77. The van der Waals surface area contributed by atoms with Gasteiger partial charge in [0.1, 0.15) is 5.60 Å². The molecule has 126 valence electrons.